The van der Waals surface area contributed by atoms with Crippen LogP contribution in [0.15, 0.2) is 24.3 Å². The highest BCUT2D eigenvalue weighted by Crippen LogP contribution is 2.43. The highest BCUT2D eigenvalue weighted by molar-refractivity contribution is 7.15. The Morgan fingerprint density at radius 1 is 1.33 bits per heavy atom. The predicted octanol–water partition coefficient (Wildman–Crippen LogP) is 4.64. The number of fused-ring (bicyclic) bond motifs is 1. The molecule has 0 spiro atoms. The maximum Gasteiger partial charge on any atom is 0.411 e. The number of amides is 2. The second-order valence-electron chi connectivity index (χ2n) is 8.66. The van der Waals surface area contributed by atoms with Gasteiger partial charge in [0.05, 0.1) is 41.2 Å². The van der Waals surface area contributed by atoms with Crippen LogP contribution in [0.4, 0.5) is 9.93 Å². The van der Waals surface area contributed by atoms with Crippen molar-refractivity contribution in [2.24, 2.45) is 5.92 Å². The molecule has 1 atom stereocenters. The number of hydrogen-bond acceptors (Lipinski definition) is 6. The Balaban J connectivity index is 1.69. The van der Waals surface area contributed by atoms with Gasteiger partial charge in [0.25, 0.3) is 0 Å². The van der Waals surface area contributed by atoms with Crippen LogP contribution in [0.1, 0.15) is 62.4 Å². The van der Waals surface area contributed by atoms with Crippen LogP contribution in [0.2, 0.25) is 0 Å². The monoisotopic (exact) mass is 426 g/mol. The topological polar surface area (TPSA) is 95.3 Å². The van der Waals surface area contributed by atoms with Gasteiger partial charge in [-0.3, -0.25) is 9.69 Å². The van der Waals surface area contributed by atoms with E-state index < -0.39 is 5.60 Å². The molecule has 1 aliphatic heterocycles. The first kappa shape index (κ1) is 21.8. The van der Waals surface area contributed by atoms with Gasteiger partial charge in [0.2, 0.25) is 5.91 Å². The molecule has 0 radical (unpaired) electrons. The number of aromatic nitrogens is 1. The lowest BCUT2D eigenvalue weighted by Gasteiger charge is -2.30. The minimum atomic E-state index is -0.563. The average Bonchev–Trinajstić information content (AvgIpc) is 3.17. The van der Waals surface area contributed by atoms with Crippen LogP contribution >= 0.6 is 11.3 Å². The Hall–Kier alpha value is -2.92. The maximum atomic E-state index is 12.6. The van der Waals surface area contributed by atoms with Crippen LogP contribution in [-0.4, -0.2) is 27.5 Å². The lowest BCUT2D eigenvalue weighted by Crippen LogP contribution is -2.37. The molecule has 0 aliphatic carbocycles. The lowest BCUT2D eigenvalue weighted by molar-refractivity contribution is -0.115. The van der Waals surface area contributed by atoms with Crippen LogP contribution in [0, 0.1) is 17.2 Å². The summed E-state index contributed by atoms with van der Waals surface area (Å²) in [6, 6.07) is 8.81. The second-order valence-corrected chi connectivity index (χ2v) is 9.74. The van der Waals surface area contributed by atoms with Gasteiger partial charge in [-0.05, 0) is 44.4 Å². The fraction of sp³-hybridized carbons (Fsp3) is 0.455. The highest BCUT2D eigenvalue weighted by Gasteiger charge is 2.40. The van der Waals surface area contributed by atoms with Gasteiger partial charge >= 0.3 is 6.09 Å². The van der Waals surface area contributed by atoms with Gasteiger partial charge in [0.15, 0.2) is 5.13 Å². The Morgan fingerprint density at radius 3 is 2.57 bits per heavy atom. The van der Waals surface area contributed by atoms with E-state index in [0.29, 0.717) is 17.2 Å². The molecule has 0 saturated carbocycles. The van der Waals surface area contributed by atoms with Crippen molar-refractivity contribution in [2.45, 2.75) is 59.2 Å². The van der Waals surface area contributed by atoms with Crippen LogP contribution in [0.5, 0.6) is 0 Å². The van der Waals surface area contributed by atoms with Crippen molar-refractivity contribution >= 4 is 28.5 Å². The van der Waals surface area contributed by atoms with E-state index in [1.54, 1.807) is 29.2 Å². The van der Waals surface area contributed by atoms with E-state index in [4.69, 9.17) is 10.00 Å². The standard InChI is InChI=1S/C22H26N4O3S/c1-13(2)19-18-16(12-26(19)21(28)29-22(3,4)5)30-20(25-18)24-17(27)10-14-6-8-15(11-23)9-7-14/h6-9,13,19H,10,12H2,1-5H3,(H,24,25,27). The summed E-state index contributed by atoms with van der Waals surface area (Å²) in [5.74, 6) is -0.0136. The van der Waals surface area contributed by atoms with Crippen molar-refractivity contribution in [1.82, 2.24) is 9.88 Å². The molecule has 30 heavy (non-hydrogen) atoms. The minimum absolute atomic E-state index is 0.156. The zero-order chi connectivity index (χ0) is 22.1. The summed E-state index contributed by atoms with van der Waals surface area (Å²) in [6.45, 7) is 10.1. The number of nitrogens with one attached hydrogen (secondary N) is 1. The first-order valence-corrected chi connectivity index (χ1v) is 10.7. The molecule has 1 aromatic carbocycles. The van der Waals surface area contributed by atoms with E-state index in [1.165, 1.54) is 11.3 Å². The summed E-state index contributed by atoms with van der Waals surface area (Å²) >= 11 is 1.39. The van der Waals surface area contributed by atoms with Crippen molar-refractivity contribution in [1.29, 1.82) is 5.26 Å². The van der Waals surface area contributed by atoms with E-state index in [1.807, 2.05) is 34.6 Å². The third kappa shape index (κ3) is 4.97. The molecular formula is C22H26N4O3S. The summed E-state index contributed by atoms with van der Waals surface area (Å²) in [6.07, 6.45) is -0.147. The summed E-state index contributed by atoms with van der Waals surface area (Å²) in [7, 11) is 0. The number of thiazole rings is 1. The fourth-order valence-corrected chi connectivity index (χ4v) is 4.40. The quantitative estimate of drug-likeness (QED) is 0.768. The van der Waals surface area contributed by atoms with Crippen LogP contribution in [-0.2, 0) is 22.5 Å². The molecule has 7 nitrogen and oxygen atoms in total. The van der Waals surface area contributed by atoms with Gasteiger partial charge in [-0.1, -0.05) is 37.3 Å². The fourth-order valence-electron chi connectivity index (χ4n) is 3.38. The van der Waals surface area contributed by atoms with Gasteiger partial charge < -0.3 is 10.1 Å². The summed E-state index contributed by atoms with van der Waals surface area (Å²) in [5.41, 5.74) is 1.65. The molecule has 2 aromatic rings. The second kappa shape index (κ2) is 8.44. The first-order chi connectivity index (χ1) is 14.1. The maximum absolute atomic E-state index is 12.6. The molecule has 1 aliphatic rings. The van der Waals surface area contributed by atoms with Crippen molar-refractivity contribution in [3.8, 4) is 6.07 Å². The molecule has 0 saturated heterocycles. The van der Waals surface area contributed by atoms with E-state index in [0.717, 1.165) is 16.1 Å². The first-order valence-electron chi connectivity index (χ1n) is 9.85. The smallest absolute Gasteiger partial charge is 0.411 e. The van der Waals surface area contributed by atoms with E-state index in [2.05, 4.69) is 16.4 Å². The van der Waals surface area contributed by atoms with Crippen LogP contribution in [0.25, 0.3) is 0 Å². The number of nitriles is 1. The Bertz CT molecular complexity index is 983. The predicted molar refractivity (Wildman–Crippen MR) is 115 cm³/mol. The van der Waals surface area contributed by atoms with Gasteiger partial charge in [-0.25, -0.2) is 9.78 Å². The molecule has 3 rings (SSSR count). The van der Waals surface area contributed by atoms with Crippen molar-refractivity contribution < 1.29 is 14.3 Å². The highest BCUT2D eigenvalue weighted by atomic mass is 32.1. The Labute approximate surface area is 180 Å². The van der Waals surface area contributed by atoms with Crippen molar-refractivity contribution in [2.75, 3.05) is 5.32 Å². The average molecular weight is 427 g/mol. The Kier molecular flexibility index (Phi) is 6.13. The van der Waals surface area contributed by atoms with Crippen molar-refractivity contribution in [3.63, 3.8) is 0 Å². The molecule has 2 amide bonds. The third-order valence-electron chi connectivity index (χ3n) is 4.61. The zero-order valence-electron chi connectivity index (χ0n) is 17.9. The van der Waals surface area contributed by atoms with Gasteiger partial charge in [0, 0.05) is 0 Å². The molecule has 158 valence electrons. The number of carbonyl (C=O) groups excluding carboxylic acids is 2. The molecule has 2 heterocycles. The zero-order valence-corrected chi connectivity index (χ0v) is 18.7. The summed E-state index contributed by atoms with van der Waals surface area (Å²) in [5, 5.41) is 12.3. The molecule has 1 aromatic heterocycles. The SMILES string of the molecule is CC(C)C1c2nc(NC(=O)Cc3ccc(C#N)cc3)sc2CN1C(=O)OC(C)(C)C. The molecule has 8 heteroatoms. The molecular weight excluding hydrogens is 400 g/mol. The number of carbonyl (C=O) groups is 2. The van der Waals surface area contributed by atoms with Crippen molar-refractivity contribution in [3.05, 3.63) is 46.0 Å². The number of anilines is 1. The van der Waals surface area contributed by atoms with E-state index >= 15 is 0 Å². The number of hydrogen-bond donors (Lipinski definition) is 1. The molecule has 0 fully saturated rings. The summed E-state index contributed by atoms with van der Waals surface area (Å²) in [4.78, 5) is 32.4. The van der Waals surface area contributed by atoms with Crippen LogP contribution < -0.4 is 5.32 Å². The number of benzene rings is 1. The molecule has 0 bridgehead atoms. The lowest BCUT2D eigenvalue weighted by atomic mass is 10.0. The summed E-state index contributed by atoms with van der Waals surface area (Å²) < 4.78 is 5.55. The molecule has 1 N–H and O–H groups in total. The largest absolute Gasteiger partial charge is 0.444 e. The normalized spacial score (nSPS) is 15.6. The number of rotatable bonds is 4. The number of ether oxygens (including phenoxy) is 1. The third-order valence-corrected chi connectivity index (χ3v) is 5.58. The Morgan fingerprint density at radius 2 is 2.00 bits per heavy atom. The molecule has 1 unspecified atom stereocenters. The van der Waals surface area contributed by atoms with Gasteiger partial charge in [0.1, 0.15) is 5.60 Å². The van der Waals surface area contributed by atoms with E-state index in [9.17, 15) is 9.59 Å². The van der Waals surface area contributed by atoms with Gasteiger partial charge in [-0.2, -0.15) is 5.26 Å². The van der Waals surface area contributed by atoms with Gasteiger partial charge in [-0.15, -0.1) is 0 Å². The van der Waals surface area contributed by atoms with Crippen LogP contribution in [0.3, 0.4) is 0 Å². The van der Waals surface area contributed by atoms with E-state index in [-0.39, 0.29) is 30.4 Å². The minimum Gasteiger partial charge on any atom is -0.444 e. The number of nitrogens with zero attached hydrogens (tertiary/aromatic N) is 3.